The Balaban J connectivity index is 2.11. The van der Waals surface area contributed by atoms with Crippen LogP contribution in [0.25, 0.3) is 0 Å². The maximum absolute atomic E-state index is 11.7. The summed E-state index contributed by atoms with van der Waals surface area (Å²) in [4.78, 5) is 14.0. The van der Waals surface area contributed by atoms with Crippen molar-refractivity contribution in [3.8, 4) is 0 Å². The average molecular weight is 276 g/mol. The molecule has 2 unspecified atom stereocenters. The number of fused-ring (bicyclic) bond motifs is 1. The molecule has 0 aromatic heterocycles. The fraction of sp³-hybridized carbons (Fsp3) is 0.562. The summed E-state index contributed by atoms with van der Waals surface area (Å²) in [6, 6.07) is 8.58. The summed E-state index contributed by atoms with van der Waals surface area (Å²) in [7, 11) is 0. The van der Waals surface area contributed by atoms with E-state index in [1.807, 2.05) is 13.0 Å². The molecule has 0 amide bonds. The minimum Gasteiger partial charge on any atom is -0.466 e. The maximum Gasteiger partial charge on any atom is 0.307 e. The highest BCUT2D eigenvalue weighted by Crippen LogP contribution is 2.39. The van der Waals surface area contributed by atoms with Crippen molar-refractivity contribution >= 4 is 11.7 Å². The maximum atomic E-state index is 11.7. The number of rotatable bonds is 6. The molecule has 0 radical (unpaired) electrons. The second-order valence-corrected chi connectivity index (χ2v) is 5.34. The van der Waals surface area contributed by atoms with Crippen molar-refractivity contribution in [2.75, 3.05) is 24.6 Å². The zero-order valence-electron chi connectivity index (χ0n) is 12.3. The third-order valence-corrected chi connectivity index (χ3v) is 3.92. The van der Waals surface area contributed by atoms with Crippen LogP contribution in [0.1, 0.15) is 38.2 Å². The molecule has 0 spiro atoms. The molecule has 4 nitrogen and oxygen atoms in total. The lowest BCUT2D eigenvalue weighted by Gasteiger charge is -2.27. The van der Waals surface area contributed by atoms with Gasteiger partial charge in [-0.15, -0.1) is 0 Å². The van der Waals surface area contributed by atoms with Crippen LogP contribution >= 0.6 is 0 Å². The molecule has 110 valence electrons. The van der Waals surface area contributed by atoms with Crippen molar-refractivity contribution < 1.29 is 9.53 Å². The predicted molar refractivity (Wildman–Crippen MR) is 80.9 cm³/mol. The van der Waals surface area contributed by atoms with Crippen LogP contribution in [0.4, 0.5) is 5.69 Å². The van der Waals surface area contributed by atoms with Gasteiger partial charge in [-0.1, -0.05) is 18.2 Å². The van der Waals surface area contributed by atoms with Gasteiger partial charge >= 0.3 is 5.97 Å². The van der Waals surface area contributed by atoms with Gasteiger partial charge < -0.3 is 15.4 Å². The minimum atomic E-state index is -0.125. The summed E-state index contributed by atoms with van der Waals surface area (Å²) in [5.41, 5.74) is 8.31. The van der Waals surface area contributed by atoms with E-state index in [1.54, 1.807) is 0 Å². The van der Waals surface area contributed by atoms with E-state index in [0.717, 1.165) is 13.0 Å². The van der Waals surface area contributed by atoms with E-state index in [9.17, 15) is 4.79 Å². The van der Waals surface area contributed by atoms with Gasteiger partial charge in [-0.2, -0.15) is 0 Å². The molecule has 2 atom stereocenters. The number of carbonyl (C=O) groups excluding carboxylic acids is 1. The van der Waals surface area contributed by atoms with Crippen LogP contribution in [0.15, 0.2) is 24.3 Å². The molecule has 2 N–H and O–H groups in total. The smallest absolute Gasteiger partial charge is 0.307 e. The summed E-state index contributed by atoms with van der Waals surface area (Å²) in [5.74, 6) is 0.348. The zero-order chi connectivity index (χ0) is 14.5. The summed E-state index contributed by atoms with van der Waals surface area (Å²) < 4.78 is 5.05. The van der Waals surface area contributed by atoms with Crippen LogP contribution in [0, 0.1) is 0 Å². The van der Waals surface area contributed by atoms with Gasteiger partial charge in [0.1, 0.15) is 0 Å². The number of nitrogens with zero attached hydrogens (tertiary/aromatic N) is 1. The van der Waals surface area contributed by atoms with Crippen molar-refractivity contribution in [2.45, 2.75) is 38.6 Å². The fourth-order valence-electron chi connectivity index (χ4n) is 2.97. The molecular weight excluding hydrogens is 252 g/mol. The first-order valence-corrected chi connectivity index (χ1v) is 7.38. The molecule has 1 aliphatic rings. The van der Waals surface area contributed by atoms with Gasteiger partial charge in [0.25, 0.3) is 0 Å². The number of nitrogens with two attached hydrogens (primary N) is 1. The number of benzene rings is 1. The van der Waals surface area contributed by atoms with Gasteiger partial charge in [0, 0.05) is 24.2 Å². The third-order valence-electron chi connectivity index (χ3n) is 3.92. The molecule has 20 heavy (non-hydrogen) atoms. The molecule has 2 rings (SSSR count). The van der Waals surface area contributed by atoms with Crippen molar-refractivity contribution in [1.82, 2.24) is 0 Å². The number of para-hydroxylation sites is 1. The first kappa shape index (κ1) is 14.9. The van der Waals surface area contributed by atoms with E-state index >= 15 is 0 Å². The summed E-state index contributed by atoms with van der Waals surface area (Å²) in [5, 5.41) is 0. The van der Waals surface area contributed by atoms with Crippen LogP contribution in [-0.2, 0) is 9.53 Å². The van der Waals surface area contributed by atoms with Crippen molar-refractivity contribution in [3.63, 3.8) is 0 Å². The topological polar surface area (TPSA) is 55.6 Å². The Morgan fingerprint density at radius 2 is 2.25 bits per heavy atom. The average Bonchev–Trinajstić information content (AvgIpc) is 2.79. The standard InChI is InChI=1S/C16H24N2O2/c1-3-20-16(19)10-12(2)18-11-13(8-9-17)14-6-4-5-7-15(14)18/h4-7,12-13H,3,8-11,17H2,1-2H3. The van der Waals surface area contributed by atoms with Crippen molar-refractivity contribution in [2.24, 2.45) is 5.73 Å². The highest BCUT2D eigenvalue weighted by Gasteiger charge is 2.31. The van der Waals surface area contributed by atoms with E-state index in [1.165, 1.54) is 11.3 Å². The Hall–Kier alpha value is -1.55. The van der Waals surface area contributed by atoms with Gasteiger partial charge in [0.15, 0.2) is 0 Å². The first-order chi connectivity index (χ1) is 9.67. The summed E-state index contributed by atoms with van der Waals surface area (Å²) in [6.07, 6.45) is 1.41. The lowest BCUT2D eigenvalue weighted by molar-refractivity contribution is -0.143. The van der Waals surface area contributed by atoms with Crippen molar-refractivity contribution in [1.29, 1.82) is 0 Å². The Bertz CT molecular complexity index is 462. The summed E-state index contributed by atoms with van der Waals surface area (Å²) in [6.45, 7) is 6.00. The Morgan fingerprint density at radius 1 is 1.50 bits per heavy atom. The highest BCUT2D eigenvalue weighted by atomic mass is 16.5. The van der Waals surface area contributed by atoms with Crippen LogP contribution in [0.5, 0.6) is 0 Å². The molecular formula is C16H24N2O2. The second kappa shape index (κ2) is 6.75. The van der Waals surface area contributed by atoms with Gasteiger partial charge in [0.2, 0.25) is 0 Å². The second-order valence-electron chi connectivity index (χ2n) is 5.34. The molecule has 1 aromatic rings. The fourth-order valence-corrected chi connectivity index (χ4v) is 2.97. The number of anilines is 1. The number of carbonyl (C=O) groups is 1. The summed E-state index contributed by atoms with van der Waals surface area (Å²) >= 11 is 0. The molecule has 1 aliphatic heterocycles. The molecule has 0 saturated carbocycles. The molecule has 0 bridgehead atoms. The SMILES string of the molecule is CCOC(=O)CC(C)N1CC(CCN)c2ccccc21. The number of ether oxygens (including phenoxy) is 1. The number of hydrogen-bond acceptors (Lipinski definition) is 4. The Morgan fingerprint density at radius 3 is 2.95 bits per heavy atom. The normalized spacial score (nSPS) is 18.8. The zero-order valence-corrected chi connectivity index (χ0v) is 12.3. The number of hydrogen-bond donors (Lipinski definition) is 1. The van der Waals surface area contributed by atoms with E-state index in [-0.39, 0.29) is 12.0 Å². The van der Waals surface area contributed by atoms with Crippen LogP contribution in [0.2, 0.25) is 0 Å². The lowest BCUT2D eigenvalue weighted by atomic mass is 9.98. The molecule has 0 fully saturated rings. The Labute approximate surface area is 120 Å². The van der Waals surface area contributed by atoms with Crippen LogP contribution in [0.3, 0.4) is 0 Å². The first-order valence-electron chi connectivity index (χ1n) is 7.38. The van der Waals surface area contributed by atoms with E-state index < -0.39 is 0 Å². The predicted octanol–water partition coefficient (Wildman–Crippen LogP) is 2.28. The highest BCUT2D eigenvalue weighted by molar-refractivity contribution is 5.71. The molecule has 4 heteroatoms. The number of esters is 1. The van der Waals surface area contributed by atoms with E-state index in [4.69, 9.17) is 10.5 Å². The molecule has 0 aliphatic carbocycles. The van der Waals surface area contributed by atoms with Crippen LogP contribution in [-0.4, -0.2) is 31.7 Å². The lowest BCUT2D eigenvalue weighted by Crippen LogP contribution is -2.34. The van der Waals surface area contributed by atoms with Gasteiger partial charge in [-0.3, -0.25) is 4.79 Å². The van der Waals surface area contributed by atoms with E-state index in [2.05, 4.69) is 30.0 Å². The molecule has 1 heterocycles. The van der Waals surface area contributed by atoms with Gasteiger partial charge in [-0.25, -0.2) is 0 Å². The monoisotopic (exact) mass is 276 g/mol. The van der Waals surface area contributed by atoms with Crippen molar-refractivity contribution in [3.05, 3.63) is 29.8 Å². The molecule has 1 aromatic carbocycles. The van der Waals surface area contributed by atoms with Gasteiger partial charge in [-0.05, 0) is 38.4 Å². The largest absolute Gasteiger partial charge is 0.466 e. The minimum absolute atomic E-state index is 0.125. The van der Waals surface area contributed by atoms with Gasteiger partial charge in [0.05, 0.1) is 13.0 Å². The Kier molecular flexibility index (Phi) is 5.01. The molecule has 0 saturated heterocycles. The third kappa shape index (κ3) is 3.12. The van der Waals surface area contributed by atoms with E-state index in [0.29, 0.717) is 25.5 Å². The van der Waals surface area contributed by atoms with Crippen LogP contribution < -0.4 is 10.6 Å². The quantitative estimate of drug-likeness (QED) is 0.810.